The topological polar surface area (TPSA) is 103 Å². The van der Waals surface area contributed by atoms with Gasteiger partial charge in [0.15, 0.2) is 11.6 Å². The minimum Gasteiger partial charge on any atom is -0.492 e. The van der Waals surface area contributed by atoms with Crippen molar-refractivity contribution in [2.24, 2.45) is 5.16 Å². The lowest BCUT2D eigenvalue weighted by Crippen LogP contribution is -2.35. The van der Waals surface area contributed by atoms with E-state index < -0.39 is 27.9 Å². The fourth-order valence-electron chi connectivity index (χ4n) is 3.08. The number of halogens is 3. The van der Waals surface area contributed by atoms with Crippen molar-refractivity contribution in [3.8, 4) is 5.75 Å². The van der Waals surface area contributed by atoms with Crippen LogP contribution in [0, 0.1) is 12.7 Å². The van der Waals surface area contributed by atoms with Gasteiger partial charge in [-0.3, -0.25) is 4.28 Å². The zero-order valence-electron chi connectivity index (χ0n) is 17.7. The summed E-state index contributed by atoms with van der Waals surface area (Å²) in [5, 5.41) is 6.30. The smallest absolute Gasteiger partial charge is 0.358 e. The standard InChI is InChI=1S/C21H19Cl2FN2O6S/c1-11-4-6-12(7-5-11)33(28,29)32-26-16-10-15(25-19(17(16)23)21(27)31-3)13-8-9-14(22)20(30-2)18(13)24/h4-9,15,25H,10H2,1-3H3/b26-16+. The average molecular weight is 517 g/mol. The number of benzene rings is 2. The van der Waals surface area contributed by atoms with Gasteiger partial charge in [-0.15, -0.1) is 0 Å². The van der Waals surface area contributed by atoms with Crippen LogP contribution in [-0.2, 0) is 23.9 Å². The van der Waals surface area contributed by atoms with Crippen molar-refractivity contribution in [2.75, 3.05) is 14.2 Å². The highest BCUT2D eigenvalue weighted by atomic mass is 35.5. The number of hydrogen-bond acceptors (Lipinski definition) is 8. The molecule has 8 nitrogen and oxygen atoms in total. The minimum atomic E-state index is -4.27. The molecule has 0 aliphatic carbocycles. The second-order valence-electron chi connectivity index (χ2n) is 6.95. The van der Waals surface area contributed by atoms with Crippen LogP contribution in [0.15, 0.2) is 57.2 Å². The summed E-state index contributed by atoms with van der Waals surface area (Å²) in [6.45, 7) is 1.80. The quantitative estimate of drug-likeness (QED) is 0.452. The zero-order valence-corrected chi connectivity index (χ0v) is 20.0. The fourth-order valence-corrected chi connectivity index (χ4v) is 4.29. The molecular weight excluding hydrogens is 498 g/mol. The summed E-state index contributed by atoms with van der Waals surface area (Å²) in [6, 6.07) is 7.86. The maximum atomic E-state index is 15.0. The normalized spacial score (nSPS) is 17.5. The minimum absolute atomic E-state index is 0.0535. The van der Waals surface area contributed by atoms with Crippen molar-refractivity contribution < 1.29 is 31.4 Å². The third-order valence-electron chi connectivity index (χ3n) is 4.79. The first kappa shape index (κ1) is 24.8. The van der Waals surface area contributed by atoms with Crippen LogP contribution in [0.25, 0.3) is 0 Å². The lowest BCUT2D eigenvalue weighted by Gasteiger charge is -2.28. The summed E-state index contributed by atoms with van der Waals surface area (Å²) in [4.78, 5) is 12.1. The maximum absolute atomic E-state index is 15.0. The SMILES string of the molecule is COC(=O)C1=C(Cl)/C(=N/OS(=O)(=O)c2ccc(C)cc2)CC(c2ccc(Cl)c(OC)c2F)N1. The second-order valence-corrected chi connectivity index (χ2v) is 9.26. The van der Waals surface area contributed by atoms with Crippen LogP contribution in [0.1, 0.15) is 23.6 Å². The van der Waals surface area contributed by atoms with E-state index in [2.05, 4.69) is 10.5 Å². The van der Waals surface area contributed by atoms with Gasteiger partial charge in [0.05, 0.1) is 30.3 Å². The van der Waals surface area contributed by atoms with Gasteiger partial charge in [-0.25, -0.2) is 9.18 Å². The number of ether oxygens (including phenoxy) is 2. The number of aryl methyl sites for hydroxylation is 1. The highest BCUT2D eigenvalue weighted by Crippen LogP contribution is 2.36. The van der Waals surface area contributed by atoms with Crippen LogP contribution in [-0.4, -0.2) is 34.3 Å². The van der Waals surface area contributed by atoms with Crippen molar-refractivity contribution in [1.29, 1.82) is 0 Å². The molecule has 0 fully saturated rings. The van der Waals surface area contributed by atoms with Crippen LogP contribution >= 0.6 is 23.2 Å². The zero-order chi connectivity index (χ0) is 24.3. The Bertz CT molecular complexity index is 1250. The molecule has 0 saturated carbocycles. The van der Waals surface area contributed by atoms with E-state index in [1.54, 1.807) is 19.1 Å². The molecule has 1 atom stereocenters. The number of methoxy groups -OCH3 is 2. The van der Waals surface area contributed by atoms with E-state index in [9.17, 15) is 17.6 Å². The van der Waals surface area contributed by atoms with E-state index in [0.717, 1.165) is 12.7 Å². The third-order valence-corrected chi connectivity index (χ3v) is 6.62. The van der Waals surface area contributed by atoms with E-state index >= 15 is 0 Å². The Morgan fingerprint density at radius 3 is 2.42 bits per heavy atom. The van der Waals surface area contributed by atoms with Crippen molar-refractivity contribution >= 4 is 45.0 Å². The van der Waals surface area contributed by atoms with Crippen molar-refractivity contribution in [3.63, 3.8) is 0 Å². The highest BCUT2D eigenvalue weighted by molar-refractivity contribution is 7.86. The third kappa shape index (κ3) is 5.23. The van der Waals surface area contributed by atoms with Gasteiger partial charge < -0.3 is 14.8 Å². The summed E-state index contributed by atoms with van der Waals surface area (Å²) in [6.07, 6.45) is -0.121. The Balaban J connectivity index is 2.01. The molecule has 1 unspecified atom stereocenters. The van der Waals surface area contributed by atoms with Crippen LogP contribution in [0.5, 0.6) is 5.75 Å². The Morgan fingerprint density at radius 1 is 1.15 bits per heavy atom. The van der Waals surface area contributed by atoms with Gasteiger partial charge in [-0.1, -0.05) is 52.1 Å². The highest BCUT2D eigenvalue weighted by Gasteiger charge is 2.33. The lowest BCUT2D eigenvalue weighted by molar-refractivity contribution is -0.136. The molecule has 1 aliphatic heterocycles. The van der Waals surface area contributed by atoms with Gasteiger partial charge in [0.25, 0.3) is 0 Å². The number of oxime groups is 1. The van der Waals surface area contributed by atoms with Crippen LogP contribution in [0.3, 0.4) is 0 Å². The molecule has 3 rings (SSSR count). The molecule has 1 heterocycles. The van der Waals surface area contributed by atoms with Crippen LogP contribution < -0.4 is 10.1 Å². The van der Waals surface area contributed by atoms with E-state index in [4.69, 9.17) is 37.0 Å². The summed E-state index contributed by atoms with van der Waals surface area (Å²) in [7, 11) is -1.88. The van der Waals surface area contributed by atoms with Crippen LogP contribution in [0.2, 0.25) is 5.02 Å². The predicted octanol–water partition coefficient (Wildman–Crippen LogP) is 4.22. The molecule has 33 heavy (non-hydrogen) atoms. The first-order valence-electron chi connectivity index (χ1n) is 9.43. The molecule has 0 amide bonds. The van der Waals surface area contributed by atoms with Gasteiger partial charge in [0.2, 0.25) is 0 Å². The molecule has 0 saturated heterocycles. The molecule has 2 aromatic carbocycles. The molecule has 1 N–H and O–H groups in total. The monoisotopic (exact) mass is 516 g/mol. The molecule has 0 bridgehead atoms. The van der Waals surface area contributed by atoms with Gasteiger partial charge >= 0.3 is 16.1 Å². The van der Waals surface area contributed by atoms with E-state index in [1.165, 1.54) is 31.4 Å². The van der Waals surface area contributed by atoms with Gasteiger partial charge in [0, 0.05) is 12.0 Å². The Hall–Kier alpha value is -2.82. The summed E-state index contributed by atoms with van der Waals surface area (Å²) in [5.41, 5.74) is 0.593. The number of esters is 1. The average Bonchev–Trinajstić information content (AvgIpc) is 2.79. The molecule has 176 valence electrons. The summed E-state index contributed by atoms with van der Waals surface area (Å²) < 4.78 is 54.6. The van der Waals surface area contributed by atoms with Crippen molar-refractivity contribution in [1.82, 2.24) is 5.32 Å². The van der Waals surface area contributed by atoms with Crippen LogP contribution in [0.4, 0.5) is 4.39 Å². The van der Waals surface area contributed by atoms with Gasteiger partial charge in [-0.2, -0.15) is 8.42 Å². The Morgan fingerprint density at radius 2 is 1.82 bits per heavy atom. The van der Waals surface area contributed by atoms with Crippen molar-refractivity contribution in [2.45, 2.75) is 24.3 Å². The molecular formula is C21H19Cl2FN2O6S. The predicted molar refractivity (Wildman–Crippen MR) is 120 cm³/mol. The lowest BCUT2D eigenvalue weighted by atomic mass is 9.96. The number of hydrogen-bond donors (Lipinski definition) is 1. The molecule has 2 aromatic rings. The molecule has 12 heteroatoms. The first-order valence-corrected chi connectivity index (χ1v) is 11.6. The number of rotatable bonds is 6. The molecule has 0 spiro atoms. The van der Waals surface area contributed by atoms with E-state index in [0.29, 0.717) is 0 Å². The molecule has 0 radical (unpaired) electrons. The van der Waals surface area contributed by atoms with E-state index in [-0.39, 0.29) is 44.1 Å². The Kier molecular flexibility index (Phi) is 7.51. The Labute approximate surface area is 200 Å². The maximum Gasteiger partial charge on any atom is 0.358 e. The number of nitrogens with zero attached hydrogens (tertiary/aromatic N) is 1. The molecule has 0 aromatic heterocycles. The number of carbonyl (C=O) groups is 1. The number of allylic oxidation sites excluding steroid dienone is 1. The number of carbonyl (C=O) groups excluding carboxylic acids is 1. The summed E-state index contributed by atoms with van der Waals surface area (Å²) >= 11 is 12.2. The molecule has 1 aliphatic rings. The van der Waals surface area contributed by atoms with Gasteiger partial charge in [0.1, 0.15) is 16.3 Å². The van der Waals surface area contributed by atoms with Gasteiger partial charge in [-0.05, 0) is 25.1 Å². The van der Waals surface area contributed by atoms with E-state index in [1.807, 2.05) is 0 Å². The largest absolute Gasteiger partial charge is 0.492 e. The summed E-state index contributed by atoms with van der Waals surface area (Å²) in [5.74, 6) is -1.81. The first-order chi connectivity index (χ1) is 15.6. The second kappa shape index (κ2) is 9.98. The fraction of sp³-hybridized carbons (Fsp3) is 0.238. The number of nitrogens with one attached hydrogen (secondary N) is 1. The van der Waals surface area contributed by atoms with Crippen molar-refractivity contribution in [3.05, 3.63) is 69.1 Å².